The standard InChI is InChI=1S/C25H26ClFN6O2/c1-15-23-29-30-24(16-8-10-31(11-9-16)22-7-3-19(27)13-28-22)33(23)21-6-2-18(26)12-17(21)14-32(15)25(34)35-20-4-5-20/h2-3,6-7,12-13,15-16,20H,4-5,8-11,14H2,1H3. The second kappa shape index (κ2) is 8.78. The maximum Gasteiger partial charge on any atom is 0.410 e. The Morgan fingerprint density at radius 1 is 1.09 bits per heavy atom. The first-order chi connectivity index (χ1) is 17.0. The molecule has 0 bridgehead atoms. The van der Waals surface area contributed by atoms with Crippen molar-refractivity contribution in [2.45, 2.75) is 57.2 Å². The molecule has 1 aromatic carbocycles. The number of piperidine rings is 1. The van der Waals surface area contributed by atoms with Gasteiger partial charge >= 0.3 is 6.09 Å². The molecule has 10 heteroatoms. The number of aromatic nitrogens is 4. The molecule has 3 aliphatic rings. The predicted molar refractivity (Wildman–Crippen MR) is 128 cm³/mol. The minimum atomic E-state index is -0.335. The second-order valence-electron chi connectivity index (χ2n) is 9.51. The fourth-order valence-electron chi connectivity index (χ4n) is 4.99. The van der Waals surface area contributed by atoms with Crippen molar-refractivity contribution in [2.24, 2.45) is 0 Å². The van der Waals surface area contributed by atoms with Gasteiger partial charge in [-0.2, -0.15) is 0 Å². The number of ether oxygens (including phenoxy) is 1. The van der Waals surface area contributed by atoms with Crippen LogP contribution in [0.5, 0.6) is 0 Å². The summed E-state index contributed by atoms with van der Waals surface area (Å²) in [5.41, 5.74) is 1.88. The van der Waals surface area contributed by atoms with Crippen molar-refractivity contribution in [1.29, 1.82) is 0 Å². The fraction of sp³-hybridized carbons (Fsp3) is 0.440. The van der Waals surface area contributed by atoms with Gasteiger partial charge in [-0.25, -0.2) is 14.2 Å². The van der Waals surface area contributed by atoms with Crippen LogP contribution in [0, 0.1) is 5.82 Å². The summed E-state index contributed by atoms with van der Waals surface area (Å²) in [5.74, 6) is 2.24. The summed E-state index contributed by atoms with van der Waals surface area (Å²) in [5, 5.41) is 9.82. The van der Waals surface area contributed by atoms with Gasteiger partial charge in [0.05, 0.1) is 24.5 Å². The first kappa shape index (κ1) is 22.3. The topological polar surface area (TPSA) is 76.4 Å². The smallest absolute Gasteiger partial charge is 0.410 e. The monoisotopic (exact) mass is 496 g/mol. The maximum atomic E-state index is 13.3. The fourth-order valence-corrected chi connectivity index (χ4v) is 5.18. The van der Waals surface area contributed by atoms with Crippen molar-refractivity contribution in [1.82, 2.24) is 24.6 Å². The highest BCUT2D eigenvalue weighted by molar-refractivity contribution is 6.30. The summed E-state index contributed by atoms with van der Waals surface area (Å²) < 4.78 is 21.0. The number of pyridine rings is 1. The van der Waals surface area contributed by atoms with Crippen molar-refractivity contribution >= 4 is 23.5 Å². The van der Waals surface area contributed by atoms with Crippen LogP contribution in [0.15, 0.2) is 36.5 Å². The van der Waals surface area contributed by atoms with Gasteiger partial charge in [0.1, 0.15) is 23.6 Å². The lowest BCUT2D eigenvalue weighted by Crippen LogP contribution is -2.34. The lowest BCUT2D eigenvalue weighted by molar-refractivity contribution is 0.0788. The Balaban J connectivity index is 1.31. The van der Waals surface area contributed by atoms with Gasteiger partial charge in [0.25, 0.3) is 0 Å². The van der Waals surface area contributed by atoms with E-state index >= 15 is 0 Å². The molecule has 1 aliphatic carbocycles. The van der Waals surface area contributed by atoms with Crippen molar-refractivity contribution in [2.75, 3.05) is 18.0 Å². The van der Waals surface area contributed by atoms with Crippen LogP contribution in [0.1, 0.15) is 61.8 Å². The van der Waals surface area contributed by atoms with Crippen molar-refractivity contribution in [3.05, 3.63) is 64.6 Å². The van der Waals surface area contributed by atoms with E-state index in [-0.39, 0.29) is 30.0 Å². The number of rotatable bonds is 3. The van der Waals surface area contributed by atoms with Crippen LogP contribution in [-0.2, 0) is 11.3 Å². The van der Waals surface area contributed by atoms with E-state index in [1.54, 1.807) is 11.0 Å². The summed E-state index contributed by atoms with van der Waals surface area (Å²) in [7, 11) is 0. The molecule has 2 aromatic heterocycles. The zero-order valence-electron chi connectivity index (χ0n) is 19.4. The minimum absolute atomic E-state index is 0.0194. The molecule has 4 heterocycles. The van der Waals surface area contributed by atoms with Gasteiger partial charge in [-0.05, 0) is 68.5 Å². The largest absolute Gasteiger partial charge is 0.446 e. The summed E-state index contributed by atoms with van der Waals surface area (Å²) >= 11 is 6.35. The maximum absolute atomic E-state index is 13.3. The van der Waals surface area contributed by atoms with Crippen LogP contribution in [0.25, 0.3) is 5.69 Å². The molecule has 1 saturated heterocycles. The Morgan fingerprint density at radius 2 is 1.86 bits per heavy atom. The number of fused-ring (bicyclic) bond motifs is 3. The van der Waals surface area contributed by atoms with Crippen molar-refractivity contribution in [3.8, 4) is 5.69 Å². The lowest BCUT2D eigenvalue weighted by atomic mass is 9.95. The number of hydrogen-bond donors (Lipinski definition) is 0. The number of carbonyl (C=O) groups excluding carboxylic acids is 1. The summed E-state index contributed by atoms with van der Waals surface area (Å²) in [4.78, 5) is 21.1. The SMILES string of the molecule is CC1c2nnc(C3CCN(c4ccc(F)cn4)CC3)n2-c2ccc(Cl)cc2CN1C(=O)OC1CC1. The van der Waals surface area contributed by atoms with Crippen LogP contribution in [0.2, 0.25) is 5.02 Å². The number of nitrogens with zero attached hydrogens (tertiary/aromatic N) is 6. The van der Waals surface area contributed by atoms with Gasteiger partial charge in [0, 0.05) is 24.0 Å². The minimum Gasteiger partial charge on any atom is -0.446 e. The zero-order chi connectivity index (χ0) is 24.1. The number of hydrogen-bond acceptors (Lipinski definition) is 6. The molecule has 3 aromatic rings. The molecule has 6 rings (SSSR count). The van der Waals surface area contributed by atoms with Gasteiger partial charge < -0.3 is 9.64 Å². The molecule has 182 valence electrons. The summed E-state index contributed by atoms with van der Waals surface area (Å²) in [6.45, 7) is 3.93. The van der Waals surface area contributed by atoms with Crippen molar-refractivity contribution in [3.63, 3.8) is 0 Å². The molecule has 0 spiro atoms. The Kier molecular flexibility index (Phi) is 5.59. The molecule has 0 N–H and O–H groups in total. The van der Waals surface area contributed by atoms with Crippen LogP contribution in [0.3, 0.4) is 0 Å². The van der Waals surface area contributed by atoms with E-state index in [1.807, 2.05) is 25.1 Å². The number of anilines is 1. The third-order valence-electron chi connectivity index (χ3n) is 7.10. The normalized spacial score (nSPS) is 20.3. The van der Waals surface area contributed by atoms with Crippen LogP contribution in [-0.4, -0.2) is 49.9 Å². The molecule has 1 amide bonds. The summed E-state index contributed by atoms with van der Waals surface area (Å²) in [6.07, 6.45) is 4.51. The number of halogens is 2. The molecule has 1 atom stereocenters. The van der Waals surface area contributed by atoms with Gasteiger partial charge in [-0.15, -0.1) is 10.2 Å². The number of benzene rings is 1. The average molecular weight is 497 g/mol. The van der Waals surface area contributed by atoms with E-state index in [9.17, 15) is 9.18 Å². The zero-order valence-corrected chi connectivity index (χ0v) is 20.2. The molecule has 2 aliphatic heterocycles. The van der Waals surface area contributed by atoms with E-state index in [2.05, 4.69) is 24.6 Å². The first-order valence-corrected chi connectivity index (χ1v) is 12.4. The Labute approximate surface area is 207 Å². The van der Waals surface area contributed by atoms with Gasteiger partial charge in [0.15, 0.2) is 5.82 Å². The van der Waals surface area contributed by atoms with E-state index in [1.165, 1.54) is 12.3 Å². The van der Waals surface area contributed by atoms with Gasteiger partial charge in [-0.3, -0.25) is 9.47 Å². The molecule has 0 radical (unpaired) electrons. The molecular weight excluding hydrogens is 471 g/mol. The molecule has 1 unspecified atom stereocenters. The quantitative estimate of drug-likeness (QED) is 0.507. The second-order valence-corrected chi connectivity index (χ2v) is 9.94. The van der Waals surface area contributed by atoms with E-state index in [0.717, 1.165) is 67.5 Å². The van der Waals surface area contributed by atoms with Crippen LogP contribution < -0.4 is 4.90 Å². The third kappa shape index (κ3) is 4.22. The highest BCUT2D eigenvalue weighted by Gasteiger charge is 2.37. The molecular formula is C25H26ClFN6O2. The van der Waals surface area contributed by atoms with E-state index < -0.39 is 0 Å². The third-order valence-corrected chi connectivity index (χ3v) is 7.33. The lowest BCUT2D eigenvalue weighted by Gasteiger charge is -2.32. The van der Waals surface area contributed by atoms with E-state index in [4.69, 9.17) is 16.3 Å². The molecule has 8 nitrogen and oxygen atoms in total. The summed E-state index contributed by atoms with van der Waals surface area (Å²) in [6, 6.07) is 8.60. The Hall–Kier alpha value is -3.20. The molecule has 35 heavy (non-hydrogen) atoms. The first-order valence-electron chi connectivity index (χ1n) is 12.1. The molecule has 2 fully saturated rings. The Bertz CT molecular complexity index is 1250. The highest BCUT2D eigenvalue weighted by Crippen LogP contribution is 2.38. The van der Waals surface area contributed by atoms with Crippen molar-refractivity contribution < 1.29 is 13.9 Å². The van der Waals surface area contributed by atoms with Gasteiger partial charge in [0.2, 0.25) is 0 Å². The van der Waals surface area contributed by atoms with Gasteiger partial charge in [-0.1, -0.05) is 11.6 Å². The number of carbonyl (C=O) groups is 1. The Morgan fingerprint density at radius 3 is 2.57 bits per heavy atom. The van der Waals surface area contributed by atoms with Crippen LogP contribution in [0.4, 0.5) is 15.0 Å². The predicted octanol–water partition coefficient (Wildman–Crippen LogP) is 5.01. The van der Waals surface area contributed by atoms with Crippen LogP contribution >= 0.6 is 11.6 Å². The van der Waals surface area contributed by atoms with E-state index in [0.29, 0.717) is 11.6 Å². The average Bonchev–Trinajstić information content (AvgIpc) is 3.59. The highest BCUT2D eigenvalue weighted by atomic mass is 35.5. The number of amides is 1. The molecule has 1 saturated carbocycles.